The Balaban J connectivity index is 1.44. The van der Waals surface area contributed by atoms with Crippen LogP contribution >= 0.6 is 0 Å². The zero-order valence-corrected chi connectivity index (χ0v) is 16.2. The van der Waals surface area contributed by atoms with Crippen LogP contribution < -0.4 is 5.32 Å². The molecular weight excluding hydrogens is 364 g/mol. The van der Waals surface area contributed by atoms with E-state index in [1.807, 2.05) is 64.4 Å². The zero-order chi connectivity index (χ0) is 19.6. The fourth-order valence-corrected chi connectivity index (χ4v) is 4.13. The van der Waals surface area contributed by atoms with Crippen molar-refractivity contribution in [2.45, 2.75) is 31.7 Å². The van der Waals surface area contributed by atoms with Crippen LogP contribution in [0.5, 0.6) is 0 Å². The third kappa shape index (κ3) is 3.63. The van der Waals surface area contributed by atoms with Crippen molar-refractivity contribution in [1.29, 1.82) is 0 Å². The summed E-state index contributed by atoms with van der Waals surface area (Å²) in [6.45, 7) is 2.05. The molecule has 2 atom stereocenters. The highest BCUT2D eigenvalue weighted by Crippen LogP contribution is 2.34. The molecule has 1 fully saturated rings. The highest BCUT2D eigenvalue weighted by atomic mass is 16.5. The molecular formula is C23H24N4O2. The summed E-state index contributed by atoms with van der Waals surface area (Å²) < 4.78 is 7.74. The first kappa shape index (κ1) is 17.9. The van der Waals surface area contributed by atoms with Crippen LogP contribution in [0.1, 0.15) is 40.5 Å². The number of benzene rings is 2. The van der Waals surface area contributed by atoms with Gasteiger partial charge in [0.25, 0.3) is 5.91 Å². The number of fused-ring (bicyclic) bond motifs is 1. The van der Waals surface area contributed by atoms with Crippen molar-refractivity contribution in [2.24, 2.45) is 0 Å². The molecule has 1 saturated heterocycles. The largest absolute Gasteiger partial charge is 0.376 e. The lowest BCUT2D eigenvalue weighted by atomic mass is 10.0. The number of ether oxygens (including phenoxy) is 1. The Bertz CT molecular complexity index is 995. The molecule has 0 aliphatic carbocycles. The lowest BCUT2D eigenvalue weighted by Gasteiger charge is -2.38. The summed E-state index contributed by atoms with van der Waals surface area (Å²) in [5, 5.41) is 8.08. The molecule has 0 spiro atoms. The van der Waals surface area contributed by atoms with Crippen molar-refractivity contribution in [2.75, 3.05) is 18.5 Å². The number of anilines is 1. The van der Waals surface area contributed by atoms with Gasteiger partial charge in [-0.15, -0.1) is 0 Å². The molecule has 2 aliphatic heterocycles. The second kappa shape index (κ2) is 7.72. The van der Waals surface area contributed by atoms with Gasteiger partial charge in [-0.3, -0.25) is 9.48 Å². The average molecular weight is 388 g/mol. The number of hydrogen-bond donors (Lipinski definition) is 1. The Kier molecular flexibility index (Phi) is 4.77. The number of nitrogens with one attached hydrogen (secondary N) is 1. The van der Waals surface area contributed by atoms with E-state index < -0.39 is 0 Å². The van der Waals surface area contributed by atoms with Crippen molar-refractivity contribution in [1.82, 2.24) is 14.7 Å². The van der Waals surface area contributed by atoms with Crippen LogP contribution in [0.25, 0.3) is 0 Å². The van der Waals surface area contributed by atoms with Gasteiger partial charge < -0.3 is 15.0 Å². The lowest BCUT2D eigenvalue weighted by molar-refractivity contribution is 0.0427. The van der Waals surface area contributed by atoms with Crippen LogP contribution in [-0.4, -0.2) is 39.8 Å². The van der Waals surface area contributed by atoms with Gasteiger partial charge in [-0.1, -0.05) is 42.5 Å². The Morgan fingerprint density at radius 3 is 2.76 bits per heavy atom. The second-order valence-electron chi connectivity index (χ2n) is 7.64. The van der Waals surface area contributed by atoms with E-state index >= 15 is 0 Å². The predicted molar refractivity (Wildman–Crippen MR) is 111 cm³/mol. The summed E-state index contributed by atoms with van der Waals surface area (Å²) in [5.41, 5.74) is 3.73. The fraction of sp³-hybridized carbons (Fsp3) is 0.304. The average Bonchev–Trinajstić information content (AvgIpc) is 3.43. The number of amides is 1. The first-order chi connectivity index (χ1) is 14.3. The maximum Gasteiger partial charge on any atom is 0.257 e. The van der Waals surface area contributed by atoms with Gasteiger partial charge in [-0.25, -0.2) is 0 Å². The van der Waals surface area contributed by atoms with E-state index in [1.54, 1.807) is 0 Å². The summed E-state index contributed by atoms with van der Waals surface area (Å²) in [6.07, 6.45) is 5.75. The standard InChI is InChI=1S/C23H24N4O2/c28-23-20-10-4-5-11-21(20)25-22(27(23)16-19-9-6-12-29-19)18-13-24-26(15-18)14-17-7-2-1-3-8-17/h1-5,7-8,10-11,13,15,19,22,25H,6,9,12,14,16H2/t19-,22-/m1/s1. The lowest BCUT2D eigenvalue weighted by Crippen LogP contribution is -2.46. The zero-order valence-electron chi connectivity index (χ0n) is 16.2. The molecule has 1 aromatic heterocycles. The molecule has 29 heavy (non-hydrogen) atoms. The van der Waals surface area contributed by atoms with Gasteiger partial charge in [0, 0.05) is 30.6 Å². The summed E-state index contributed by atoms with van der Waals surface area (Å²) in [4.78, 5) is 15.2. The highest BCUT2D eigenvalue weighted by Gasteiger charge is 2.35. The number of hydrogen-bond acceptors (Lipinski definition) is 4. The van der Waals surface area contributed by atoms with Crippen molar-refractivity contribution in [3.8, 4) is 0 Å². The van der Waals surface area contributed by atoms with E-state index in [2.05, 4.69) is 22.5 Å². The van der Waals surface area contributed by atoms with Crippen molar-refractivity contribution < 1.29 is 9.53 Å². The Hall–Kier alpha value is -3.12. The predicted octanol–water partition coefficient (Wildman–Crippen LogP) is 3.68. The molecule has 2 aromatic carbocycles. The minimum atomic E-state index is -0.258. The summed E-state index contributed by atoms with van der Waals surface area (Å²) in [7, 11) is 0. The third-order valence-corrected chi connectivity index (χ3v) is 5.60. The number of nitrogens with zero attached hydrogens (tertiary/aromatic N) is 3. The molecule has 0 unspecified atom stereocenters. The molecule has 1 amide bonds. The Morgan fingerprint density at radius 2 is 1.93 bits per heavy atom. The quantitative estimate of drug-likeness (QED) is 0.724. The Morgan fingerprint density at radius 1 is 1.10 bits per heavy atom. The molecule has 148 valence electrons. The number of aromatic nitrogens is 2. The molecule has 6 heteroatoms. The smallest absolute Gasteiger partial charge is 0.257 e. The second-order valence-corrected chi connectivity index (χ2v) is 7.64. The number of para-hydroxylation sites is 1. The SMILES string of the molecule is O=C1c2ccccc2N[C@@H](c2cnn(Cc3ccccc3)c2)N1C[C@H]1CCCO1. The highest BCUT2D eigenvalue weighted by molar-refractivity contribution is 6.01. The van der Waals surface area contributed by atoms with Crippen LogP contribution in [0.2, 0.25) is 0 Å². The van der Waals surface area contributed by atoms with Crippen molar-refractivity contribution >= 4 is 11.6 Å². The fourth-order valence-electron chi connectivity index (χ4n) is 4.13. The Labute approximate surface area is 170 Å². The molecule has 1 N–H and O–H groups in total. The summed E-state index contributed by atoms with van der Waals surface area (Å²) in [5.74, 6) is 0.0376. The molecule has 2 aliphatic rings. The molecule has 6 nitrogen and oxygen atoms in total. The van der Waals surface area contributed by atoms with Crippen LogP contribution in [0, 0.1) is 0 Å². The summed E-state index contributed by atoms with van der Waals surface area (Å²) in [6, 6.07) is 17.9. The van der Waals surface area contributed by atoms with Crippen LogP contribution in [-0.2, 0) is 11.3 Å². The minimum Gasteiger partial charge on any atom is -0.376 e. The van der Waals surface area contributed by atoms with Gasteiger partial charge in [0.2, 0.25) is 0 Å². The van der Waals surface area contributed by atoms with Gasteiger partial charge in [-0.2, -0.15) is 5.10 Å². The monoisotopic (exact) mass is 388 g/mol. The number of carbonyl (C=O) groups is 1. The molecule has 0 saturated carbocycles. The molecule has 5 rings (SSSR count). The van der Waals surface area contributed by atoms with Gasteiger partial charge in [-0.05, 0) is 30.5 Å². The normalized spacial score (nSPS) is 21.1. The van der Waals surface area contributed by atoms with E-state index in [0.717, 1.165) is 30.7 Å². The number of carbonyl (C=O) groups excluding carboxylic acids is 1. The topological polar surface area (TPSA) is 59.4 Å². The molecule has 3 aromatic rings. The molecule has 3 heterocycles. The van der Waals surface area contributed by atoms with Crippen LogP contribution in [0.4, 0.5) is 5.69 Å². The van der Waals surface area contributed by atoms with Gasteiger partial charge in [0.1, 0.15) is 6.17 Å². The van der Waals surface area contributed by atoms with Gasteiger partial charge in [0.15, 0.2) is 0 Å². The third-order valence-electron chi connectivity index (χ3n) is 5.60. The van der Waals surface area contributed by atoms with Gasteiger partial charge in [0.05, 0.1) is 24.4 Å². The van der Waals surface area contributed by atoms with E-state index in [4.69, 9.17) is 4.74 Å². The van der Waals surface area contributed by atoms with E-state index in [1.165, 1.54) is 5.56 Å². The van der Waals surface area contributed by atoms with E-state index in [-0.39, 0.29) is 18.2 Å². The summed E-state index contributed by atoms with van der Waals surface area (Å²) >= 11 is 0. The van der Waals surface area contributed by atoms with Crippen molar-refractivity contribution in [3.05, 3.63) is 83.7 Å². The molecule has 0 bridgehead atoms. The first-order valence-electron chi connectivity index (χ1n) is 10.1. The number of rotatable bonds is 5. The van der Waals surface area contributed by atoms with E-state index in [9.17, 15) is 4.79 Å². The maximum absolute atomic E-state index is 13.3. The van der Waals surface area contributed by atoms with Crippen molar-refractivity contribution in [3.63, 3.8) is 0 Å². The van der Waals surface area contributed by atoms with Gasteiger partial charge >= 0.3 is 0 Å². The van der Waals surface area contributed by atoms with E-state index in [0.29, 0.717) is 18.7 Å². The first-order valence-corrected chi connectivity index (χ1v) is 10.1. The maximum atomic E-state index is 13.3. The minimum absolute atomic E-state index is 0.0376. The van der Waals surface area contributed by atoms with Crippen LogP contribution in [0.15, 0.2) is 67.0 Å². The van der Waals surface area contributed by atoms with Crippen LogP contribution in [0.3, 0.4) is 0 Å². The molecule has 0 radical (unpaired) electrons.